The minimum absolute atomic E-state index is 0. The van der Waals surface area contributed by atoms with E-state index in [9.17, 15) is 0 Å². The van der Waals surface area contributed by atoms with Crippen LogP contribution in [0, 0.1) is 31.3 Å². The second-order valence-electron chi connectivity index (χ2n) is 3.99. The molecule has 0 fully saturated rings. The van der Waals surface area contributed by atoms with Gasteiger partial charge < -0.3 is 5.32 Å². The van der Waals surface area contributed by atoms with Gasteiger partial charge in [-0.3, -0.25) is 0 Å². The van der Waals surface area contributed by atoms with Gasteiger partial charge in [-0.05, 0) is 6.92 Å². The average Bonchev–Trinajstić information content (AvgIpc) is 2.30. The summed E-state index contributed by atoms with van der Waals surface area (Å²) in [5.41, 5.74) is 4.25. The molecule has 0 bridgehead atoms. The maximum Gasteiger partial charge on any atom is 0.0469 e. The molecule has 0 saturated heterocycles. The molecule has 1 heterocycles. The Morgan fingerprint density at radius 2 is 2.06 bits per heavy atom. The van der Waals surface area contributed by atoms with Gasteiger partial charge in [0.05, 0.1) is 0 Å². The van der Waals surface area contributed by atoms with Crippen molar-refractivity contribution in [2.45, 2.75) is 13.3 Å². The van der Waals surface area contributed by atoms with Crippen LogP contribution in [0.25, 0.3) is 5.70 Å². The largest absolute Gasteiger partial charge is 0.393 e. The van der Waals surface area contributed by atoms with Crippen molar-refractivity contribution in [3.05, 3.63) is 53.7 Å². The minimum atomic E-state index is 0. The summed E-state index contributed by atoms with van der Waals surface area (Å²) in [5.74, 6) is 2.76. The van der Waals surface area contributed by atoms with Gasteiger partial charge in [0, 0.05) is 44.3 Å². The van der Waals surface area contributed by atoms with Crippen molar-refractivity contribution in [1.29, 1.82) is 0 Å². The van der Waals surface area contributed by atoms with Gasteiger partial charge in [-0.15, -0.1) is 24.3 Å². The van der Waals surface area contributed by atoms with Crippen LogP contribution in [0.4, 0.5) is 0 Å². The summed E-state index contributed by atoms with van der Waals surface area (Å²) in [5, 5.41) is 3.22. The summed E-state index contributed by atoms with van der Waals surface area (Å²) in [6.45, 7) is 6.02. The maximum absolute atomic E-state index is 5.40. The summed E-state index contributed by atoms with van der Waals surface area (Å²) < 4.78 is 0. The Morgan fingerprint density at radius 3 is 2.59 bits per heavy atom. The number of hydrogen-bond donors (Lipinski definition) is 1. The van der Waals surface area contributed by atoms with E-state index in [2.05, 4.69) is 55.1 Å². The van der Waals surface area contributed by atoms with Gasteiger partial charge in [0.2, 0.25) is 0 Å². The molecule has 1 aliphatic rings. The van der Waals surface area contributed by atoms with Crippen molar-refractivity contribution in [3.8, 4) is 12.3 Å². The second-order valence-corrected chi connectivity index (χ2v) is 3.99. The molecule has 2 rings (SSSR count). The van der Waals surface area contributed by atoms with Crippen LogP contribution in [-0.2, 0) is 32.7 Å². The number of aryl methyl sites for hydroxylation is 1. The standard InChI is InChI=1S/C15H14N.Y/c1-4-13-9-10-15(16-12(13)3)14-7-5-11(2)6-8-14;/h1,5-8,13,16H,3,9H2,2H3;/q-1;. The van der Waals surface area contributed by atoms with Gasteiger partial charge >= 0.3 is 0 Å². The molecular weight excluding hydrogens is 283 g/mol. The van der Waals surface area contributed by atoms with Crippen LogP contribution >= 0.6 is 0 Å². The van der Waals surface area contributed by atoms with E-state index in [4.69, 9.17) is 6.42 Å². The van der Waals surface area contributed by atoms with E-state index < -0.39 is 0 Å². The number of terminal acetylenes is 1. The number of benzene rings is 1. The molecule has 1 nitrogen and oxygen atoms in total. The van der Waals surface area contributed by atoms with Gasteiger partial charge in [0.1, 0.15) is 0 Å². The smallest absolute Gasteiger partial charge is 0.0469 e. The van der Waals surface area contributed by atoms with Gasteiger partial charge in [-0.2, -0.15) is 5.56 Å². The molecule has 1 atom stereocenters. The molecule has 1 unspecified atom stereocenters. The first-order chi connectivity index (χ1) is 7.70. The first kappa shape index (κ1) is 14.2. The first-order valence-electron chi connectivity index (χ1n) is 5.30. The Labute approximate surface area is 128 Å². The quantitative estimate of drug-likeness (QED) is 0.621. The third-order valence-corrected chi connectivity index (χ3v) is 2.73. The van der Waals surface area contributed by atoms with Crippen molar-refractivity contribution in [1.82, 2.24) is 5.32 Å². The predicted molar refractivity (Wildman–Crippen MR) is 67.0 cm³/mol. The van der Waals surface area contributed by atoms with Crippen LogP contribution in [0.3, 0.4) is 0 Å². The predicted octanol–water partition coefficient (Wildman–Crippen LogP) is 2.89. The molecule has 1 radical (unpaired) electrons. The van der Waals surface area contributed by atoms with Crippen molar-refractivity contribution in [3.63, 3.8) is 0 Å². The van der Waals surface area contributed by atoms with E-state index in [1.54, 1.807) is 0 Å². The Balaban J connectivity index is 0.00000144. The molecule has 0 spiro atoms. The molecule has 0 saturated carbocycles. The fraction of sp³-hybridized carbons (Fsp3) is 0.200. The summed E-state index contributed by atoms with van der Waals surface area (Å²) in [6.07, 6.45) is 9.43. The third-order valence-electron chi connectivity index (χ3n) is 2.73. The van der Waals surface area contributed by atoms with Crippen molar-refractivity contribution in [2.75, 3.05) is 0 Å². The van der Waals surface area contributed by atoms with Gasteiger partial charge in [0.25, 0.3) is 0 Å². The summed E-state index contributed by atoms with van der Waals surface area (Å²) in [7, 11) is 0. The van der Waals surface area contributed by atoms with Crippen LogP contribution in [0.2, 0.25) is 0 Å². The number of nitrogens with one attached hydrogen (secondary N) is 1. The number of rotatable bonds is 1. The zero-order chi connectivity index (χ0) is 11.5. The zero-order valence-electron chi connectivity index (χ0n) is 9.96. The molecule has 1 aliphatic heterocycles. The van der Waals surface area contributed by atoms with Crippen molar-refractivity contribution in [2.24, 2.45) is 5.92 Å². The number of allylic oxidation sites excluding steroid dienone is 2. The third kappa shape index (κ3) is 3.31. The summed E-state index contributed by atoms with van der Waals surface area (Å²) in [4.78, 5) is 0. The minimum Gasteiger partial charge on any atom is -0.393 e. The van der Waals surface area contributed by atoms with Crippen LogP contribution < -0.4 is 5.32 Å². The average molecular weight is 297 g/mol. The van der Waals surface area contributed by atoms with Crippen molar-refractivity contribution < 1.29 is 32.7 Å². The molecular formula is C15H14NY-. The zero-order valence-corrected chi connectivity index (χ0v) is 12.8. The Morgan fingerprint density at radius 1 is 1.41 bits per heavy atom. The molecule has 1 N–H and O–H groups in total. The Hall–Kier alpha value is -0.836. The van der Waals surface area contributed by atoms with E-state index >= 15 is 0 Å². The Kier molecular flexibility index (Phi) is 5.18. The second kappa shape index (κ2) is 6.19. The first-order valence-corrected chi connectivity index (χ1v) is 5.30. The van der Waals surface area contributed by atoms with Gasteiger partial charge in [-0.1, -0.05) is 36.6 Å². The molecule has 1 aromatic carbocycles. The van der Waals surface area contributed by atoms with Crippen LogP contribution in [-0.4, -0.2) is 0 Å². The molecule has 0 aromatic heterocycles. The van der Waals surface area contributed by atoms with Gasteiger partial charge in [0.15, 0.2) is 0 Å². The van der Waals surface area contributed by atoms with Crippen LogP contribution in [0.15, 0.2) is 36.5 Å². The summed E-state index contributed by atoms with van der Waals surface area (Å²) >= 11 is 0. The fourth-order valence-corrected chi connectivity index (χ4v) is 1.67. The topological polar surface area (TPSA) is 12.0 Å². The molecule has 2 heteroatoms. The summed E-state index contributed by atoms with van der Waals surface area (Å²) in [6, 6.07) is 8.33. The van der Waals surface area contributed by atoms with E-state index in [1.807, 2.05) is 0 Å². The fourth-order valence-electron chi connectivity index (χ4n) is 1.67. The molecule has 0 amide bonds. The maximum atomic E-state index is 5.40. The van der Waals surface area contributed by atoms with Crippen molar-refractivity contribution >= 4 is 5.70 Å². The molecule has 0 aliphatic carbocycles. The van der Waals surface area contributed by atoms with E-state index in [1.165, 1.54) is 5.56 Å². The van der Waals surface area contributed by atoms with Crippen LogP contribution in [0.5, 0.6) is 0 Å². The molecule has 1 aromatic rings. The number of hydrogen-bond acceptors (Lipinski definition) is 1. The SMILES string of the molecule is C#CC1C[C-]=C(c2ccc(C)cc2)NC1=C.[Y]. The van der Waals surface area contributed by atoms with E-state index in [0.29, 0.717) is 0 Å². The Bertz CT molecular complexity index is 477. The van der Waals surface area contributed by atoms with E-state index in [0.717, 1.165) is 23.4 Å². The monoisotopic (exact) mass is 297 g/mol. The normalized spacial score (nSPS) is 18.5. The molecule has 17 heavy (non-hydrogen) atoms. The van der Waals surface area contributed by atoms with Crippen LogP contribution in [0.1, 0.15) is 17.5 Å². The molecule has 83 valence electrons. The van der Waals surface area contributed by atoms with Gasteiger partial charge in [-0.25, -0.2) is 6.08 Å². The van der Waals surface area contributed by atoms with E-state index in [-0.39, 0.29) is 38.6 Å².